The van der Waals surface area contributed by atoms with E-state index in [4.69, 9.17) is 9.84 Å². The average Bonchev–Trinajstić information content (AvgIpc) is 2.47. The largest absolute Gasteiger partial charge is 0.481 e. The van der Waals surface area contributed by atoms with Crippen molar-refractivity contribution >= 4 is 21.9 Å². The fourth-order valence-corrected chi connectivity index (χ4v) is 2.63. The number of carbonyl (C=O) groups excluding carboxylic acids is 1. The van der Waals surface area contributed by atoms with Crippen molar-refractivity contribution in [2.24, 2.45) is 0 Å². The zero-order valence-electron chi connectivity index (χ0n) is 12.0. The van der Waals surface area contributed by atoms with Gasteiger partial charge >= 0.3 is 5.97 Å². The summed E-state index contributed by atoms with van der Waals surface area (Å²) in [4.78, 5) is 22.1. The van der Waals surface area contributed by atoms with E-state index >= 15 is 0 Å². The van der Waals surface area contributed by atoms with Gasteiger partial charge in [0.05, 0.1) is 17.9 Å². The zero-order chi connectivity index (χ0) is 16.6. The highest BCUT2D eigenvalue weighted by Gasteiger charge is 2.16. The van der Waals surface area contributed by atoms with E-state index in [1.807, 2.05) is 0 Å². The lowest BCUT2D eigenvalue weighted by Crippen LogP contribution is -2.28. The number of carboxylic acids is 1. The number of aliphatic carboxylic acids is 1. The molecule has 0 aliphatic heterocycles. The number of sulfonamides is 1. The molecule has 1 rings (SSSR count). The van der Waals surface area contributed by atoms with Crippen LogP contribution in [-0.2, 0) is 19.6 Å². The predicted octanol–water partition coefficient (Wildman–Crippen LogP) is -0.184. The van der Waals surface area contributed by atoms with Crippen molar-refractivity contribution < 1.29 is 27.9 Å². The minimum Gasteiger partial charge on any atom is -0.481 e. The van der Waals surface area contributed by atoms with Crippen LogP contribution in [0.3, 0.4) is 0 Å². The molecule has 0 aliphatic rings. The minimum atomic E-state index is -3.86. The molecule has 0 bridgehead atoms. The van der Waals surface area contributed by atoms with Gasteiger partial charge in [0.25, 0.3) is 5.91 Å². The number of benzene rings is 1. The van der Waals surface area contributed by atoms with Crippen LogP contribution in [0.5, 0.6) is 0 Å². The van der Waals surface area contributed by atoms with E-state index in [0.29, 0.717) is 13.2 Å². The Kier molecular flexibility index (Phi) is 6.96. The molecule has 3 N–H and O–H groups in total. The Labute approximate surface area is 128 Å². The number of rotatable bonds is 9. The number of hydrogen-bond acceptors (Lipinski definition) is 5. The molecule has 9 heteroatoms. The number of carboxylic acid groups (broad SMARTS) is 1. The normalized spacial score (nSPS) is 11.1. The van der Waals surface area contributed by atoms with Crippen LogP contribution in [-0.4, -0.2) is 52.2 Å². The SMILES string of the molecule is COCCNC(=O)c1cccc(S(=O)(=O)NCCC(=O)O)c1. The first-order valence-corrected chi connectivity index (χ1v) is 7.94. The van der Waals surface area contributed by atoms with Gasteiger partial charge in [-0.1, -0.05) is 6.07 Å². The molecule has 1 aromatic rings. The predicted molar refractivity (Wildman–Crippen MR) is 78.1 cm³/mol. The van der Waals surface area contributed by atoms with E-state index in [9.17, 15) is 18.0 Å². The van der Waals surface area contributed by atoms with Crippen molar-refractivity contribution in [2.45, 2.75) is 11.3 Å². The summed E-state index contributed by atoms with van der Waals surface area (Å²) in [5.41, 5.74) is 0.192. The van der Waals surface area contributed by atoms with Gasteiger partial charge in [0.2, 0.25) is 10.0 Å². The molecule has 122 valence electrons. The van der Waals surface area contributed by atoms with Crippen LogP contribution >= 0.6 is 0 Å². The number of hydrogen-bond donors (Lipinski definition) is 3. The molecule has 0 radical (unpaired) electrons. The summed E-state index contributed by atoms with van der Waals surface area (Å²) < 4.78 is 31.0. The number of amides is 1. The van der Waals surface area contributed by atoms with Crippen molar-refractivity contribution in [1.29, 1.82) is 0 Å². The molecule has 0 unspecified atom stereocenters. The van der Waals surface area contributed by atoms with Gasteiger partial charge in [-0.2, -0.15) is 0 Å². The van der Waals surface area contributed by atoms with Crippen LogP contribution in [0.2, 0.25) is 0 Å². The monoisotopic (exact) mass is 330 g/mol. The van der Waals surface area contributed by atoms with E-state index in [0.717, 1.165) is 0 Å². The summed E-state index contributed by atoms with van der Waals surface area (Å²) in [7, 11) is -2.35. The van der Waals surface area contributed by atoms with Crippen molar-refractivity contribution in [1.82, 2.24) is 10.0 Å². The van der Waals surface area contributed by atoms with Gasteiger partial charge in [-0.05, 0) is 18.2 Å². The fraction of sp³-hybridized carbons (Fsp3) is 0.385. The molecule has 0 heterocycles. The number of methoxy groups -OCH3 is 1. The molecule has 0 fully saturated rings. The van der Waals surface area contributed by atoms with Gasteiger partial charge in [-0.3, -0.25) is 9.59 Å². The molecule has 1 amide bonds. The minimum absolute atomic E-state index is 0.0997. The molecule has 0 spiro atoms. The summed E-state index contributed by atoms with van der Waals surface area (Å²) in [5, 5.41) is 11.1. The highest BCUT2D eigenvalue weighted by molar-refractivity contribution is 7.89. The maximum atomic E-state index is 12.0. The summed E-state index contributed by atoms with van der Waals surface area (Å²) in [6.07, 6.45) is -0.323. The molecule has 8 nitrogen and oxygen atoms in total. The Morgan fingerprint density at radius 2 is 2.00 bits per heavy atom. The summed E-state index contributed by atoms with van der Waals surface area (Å²) in [6.45, 7) is 0.436. The molecular formula is C13H18N2O6S. The number of nitrogens with one attached hydrogen (secondary N) is 2. The first kappa shape index (κ1) is 18.1. The van der Waals surface area contributed by atoms with Gasteiger partial charge < -0.3 is 15.2 Å². The van der Waals surface area contributed by atoms with E-state index < -0.39 is 21.9 Å². The standard InChI is InChI=1S/C13H18N2O6S/c1-21-8-7-14-13(18)10-3-2-4-11(9-10)22(19,20)15-6-5-12(16)17/h2-4,9,15H,5-8H2,1H3,(H,14,18)(H,16,17). The third-order valence-electron chi connectivity index (χ3n) is 2.63. The van der Waals surface area contributed by atoms with Gasteiger partial charge in [0.1, 0.15) is 0 Å². The third kappa shape index (κ3) is 5.80. The first-order valence-electron chi connectivity index (χ1n) is 6.45. The Balaban J connectivity index is 2.77. The molecule has 0 saturated heterocycles. The molecule has 0 aromatic heterocycles. The smallest absolute Gasteiger partial charge is 0.304 e. The van der Waals surface area contributed by atoms with Gasteiger partial charge in [0.15, 0.2) is 0 Å². The highest BCUT2D eigenvalue weighted by atomic mass is 32.2. The van der Waals surface area contributed by atoms with Gasteiger partial charge in [0, 0.05) is 25.8 Å². The maximum Gasteiger partial charge on any atom is 0.304 e. The van der Waals surface area contributed by atoms with Crippen molar-refractivity contribution in [3.63, 3.8) is 0 Å². The second-order valence-electron chi connectivity index (χ2n) is 4.32. The van der Waals surface area contributed by atoms with Crippen LogP contribution < -0.4 is 10.0 Å². The Hall–Kier alpha value is -1.97. The second kappa shape index (κ2) is 8.47. The molecular weight excluding hydrogens is 312 g/mol. The lowest BCUT2D eigenvalue weighted by Gasteiger charge is -2.08. The highest BCUT2D eigenvalue weighted by Crippen LogP contribution is 2.11. The van der Waals surface area contributed by atoms with Crippen molar-refractivity contribution in [3.8, 4) is 0 Å². The number of carbonyl (C=O) groups is 2. The van der Waals surface area contributed by atoms with E-state index in [1.54, 1.807) is 0 Å². The van der Waals surface area contributed by atoms with Gasteiger partial charge in [-0.25, -0.2) is 13.1 Å². The van der Waals surface area contributed by atoms with E-state index in [-0.39, 0.29) is 23.4 Å². The van der Waals surface area contributed by atoms with Crippen LogP contribution in [0.4, 0.5) is 0 Å². The second-order valence-corrected chi connectivity index (χ2v) is 6.08. The average molecular weight is 330 g/mol. The lowest BCUT2D eigenvalue weighted by atomic mass is 10.2. The van der Waals surface area contributed by atoms with Crippen LogP contribution in [0.1, 0.15) is 16.8 Å². The quantitative estimate of drug-likeness (QED) is 0.540. The third-order valence-corrected chi connectivity index (χ3v) is 4.09. The van der Waals surface area contributed by atoms with Crippen LogP contribution in [0, 0.1) is 0 Å². The molecule has 22 heavy (non-hydrogen) atoms. The Bertz CT molecular complexity index is 629. The fourth-order valence-electron chi connectivity index (χ4n) is 1.55. The Morgan fingerprint density at radius 3 is 2.64 bits per heavy atom. The molecule has 0 atom stereocenters. The first-order chi connectivity index (χ1) is 10.4. The summed E-state index contributed by atoms with van der Waals surface area (Å²) in [6, 6.07) is 5.48. The van der Waals surface area contributed by atoms with Crippen molar-refractivity contribution in [3.05, 3.63) is 29.8 Å². The lowest BCUT2D eigenvalue weighted by molar-refractivity contribution is -0.136. The molecule has 0 aliphatic carbocycles. The summed E-state index contributed by atoms with van der Waals surface area (Å²) in [5.74, 6) is -1.52. The summed E-state index contributed by atoms with van der Waals surface area (Å²) >= 11 is 0. The van der Waals surface area contributed by atoms with Crippen molar-refractivity contribution in [2.75, 3.05) is 26.8 Å². The topological polar surface area (TPSA) is 122 Å². The van der Waals surface area contributed by atoms with E-state index in [2.05, 4.69) is 10.0 Å². The van der Waals surface area contributed by atoms with Gasteiger partial charge in [-0.15, -0.1) is 0 Å². The molecule has 1 aromatic carbocycles. The van der Waals surface area contributed by atoms with Crippen LogP contribution in [0.25, 0.3) is 0 Å². The van der Waals surface area contributed by atoms with Crippen LogP contribution in [0.15, 0.2) is 29.2 Å². The molecule has 0 saturated carbocycles. The number of ether oxygens (including phenoxy) is 1. The van der Waals surface area contributed by atoms with E-state index in [1.165, 1.54) is 31.4 Å². The zero-order valence-corrected chi connectivity index (χ0v) is 12.9. The Morgan fingerprint density at radius 1 is 1.27 bits per heavy atom. The maximum absolute atomic E-state index is 12.0.